The van der Waals surface area contributed by atoms with Crippen LogP contribution in [0.4, 0.5) is 4.79 Å². The minimum Gasteiger partial charge on any atom is -0.450 e. The molecule has 5 nitrogen and oxygen atoms in total. The highest BCUT2D eigenvalue weighted by molar-refractivity contribution is 5.53. The van der Waals surface area contributed by atoms with Crippen molar-refractivity contribution in [1.29, 1.82) is 0 Å². The number of hydrogen-bond donors (Lipinski definition) is 2. The fraction of sp³-hybridized carbons (Fsp3) is 0.812. The van der Waals surface area contributed by atoms with Crippen molar-refractivity contribution in [2.75, 3.05) is 19.8 Å². The van der Waals surface area contributed by atoms with Crippen LogP contribution in [0.2, 0.25) is 0 Å². The van der Waals surface area contributed by atoms with Gasteiger partial charge in [0, 0.05) is 25.5 Å². The van der Waals surface area contributed by atoms with Crippen LogP contribution < -0.4 is 0 Å². The molecule has 5 heteroatoms. The summed E-state index contributed by atoms with van der Waals surface area (Å²) in [6, 6.07) is 0. The van der Waals surface area contributed by atoms with E-state index in [0.29, 0.717) is 0 Å². The predicted molar refractivity (Wildman–Crippen MR) is 86.4 cm³/mol. The Labute approximate surface area is 129 Å². The van der Waals surface area contributed by atoms with Crippen molar-refractivity contribution in [2.45, 2.75) is 65.2 Å². The number of carboxylic acid groups (broad SMARTS) is 2. The van der Waals surface area contributed by atoms with Gasteiger partial charge in [0.15, 0.2) is 0 Å². The fourth-order valence-corrected chi connectivity index (χ4v) is 2.29. The molecule has 0 unspecified atom stereocenters. The number of carbonyl (C=O) groups is 1. The van der Waals surface area contributed by atoms with Crippen LogP contribution >= 0.6 is 0 Å². The van der Waals surface area contributed by atoms with Gasteiger partial charge in [-0.3, -0.25) is 0 Å². The molecular weight excluding hydrogens is 268 g/mol. The molecule has 0 aliphatic carbocycles. The van der Waals surface area contributed by atoms with Crippen molar-refractivity contribution in [2.24, 2.45) is 0 Å². The molecule has 0 bridgehead atoms. The van der Waals surface area contributed by atoms with Gasteiger partial charge in [-0.15, -0.1) is 0 Å². The smallest absolute Gasteiger partial charge is 0.450 e. The third-order valence-corrected chi connectivity index (χ3v) is 3.45. The van der Waals surface area contributed by atoms with E-state index in [0.717, 1.165) is 6.67 Å². The summed E-state index contributed by atoms with van der Waals surface area (Å²) in [7, 11) is 0. The van der Waals surface area contributed by atoms with Gasteiger partial charge in [-0.25, -0.2) is 4.79 Å². The van der Waals surface area contributed by atoms with E-state index in [-0.39, 0.29) is 0 Å². The van der Waals surface area contributed by atoms with Crippen molar-refractivity contribution in [1.82, 2.24) is 9.80 Å². The van der Waals surface area contributed by atoms with E-state index < -0.39 is 6.16 Å². The molecular formula is C16H32N2O3. The van der Waals surface area contributed by atoms with E-state index in [9.17, 15) is 0 Å². The molecule has 0 amide bonds. The topological polar surface area (TPSA) is 64.0 Å². The van der Waals surface area contributed by atoms with Crippen LogP contribution in [0.1, 0.15) is 65.2 Å². The Morgan fingerprint density at radius 3 is 1.57 bits per heavy atom. The Kier molecular flexibility index (Phi) is 12.7. The van der Waals surface area contributed by atoms with Gasteiger partial charge in [0.05, 0.1) is 6.67 Å². The standard InChI is InChI=1S/C15H30N2.CH2O3/c1-3-5-7-9-11-16-13-14-17(15-16)12-10-8-6-4-2;2-1(3)4/h13-14H,3-12,15H2,1-2H3;(H2,2,3,4). The molecule has 0 radical (unpaired) electrons. The highest BCUT2D eigenvalue weighted by Crippen LogP contribution is 2.10. The van der Waals surface area contributed by atoms with E-state index in [1.165, 1.54) is 64.5 Å². The summed E-state index contributed by atoms with van der Waals surface area (Å²) in [6.45, 7) is 8.14. The average molecular weight is 300 g/mol. The maximum atomic E-state index is 8.56. The summed E-state index contributed by atoms with van der Waals surface area (Å²) in [4.78, 5) is 13.5. The van der Waals surface area contributed by atoms with E-state index in [2.05, 4.69) is 36.0 Å². The van der Waals surface area contributed by atoms with Gasteiger partial charge in [0.25, 0.3) is 0 Å². The molecule has 1 heterocycles. The summed E-state index contributed by atoms with van der Waals surface area (Å²) in [6.07, 6.45) is 13.6. The van der Waals surface area contributed by atoms with Crippen molar-refractivity contribution in [3.8, 4) is 0 Å². The Bertz CT molecular complexity index is 259. The van der Waals surface area contributed by atoms with Crippen LogP contribution in [-0.2, 0) is 0 Å². The first-order valence-corrected chi connectivity index (χ1v) is 8.18. The second-order valence-electron chi connectivity index (χ2n) is 5.47. The summed E-state index contributed by atoms with van der Waals surface area (Å²) < 4.78 is 0. The highest BCUT2D eigenvalue weighted by Gasteiger charge is 2.10. The third-order valence-electron chi connectivity index (χ3n) is 3.45. The minimum absolute atomic E-state index is 1.12. The summed E-state index contributed by atoms with van der Waals surface area (Å²) in [5.74, 6) is 0. The molecule has 0 saturated carbocycles. The molecule has 1 aliphatic heterocycles. The van der Waals surface area contributed by atoms with Crippen molar-refractivity contribution < 1.29 is 15.0 Å². The number of nitrogens with zero attached hydrogens (tertiary/aromatic N) is 2. The first-order chi connectivity index (χ1) is 10.1. The Hall–Kier alpha value is -1.39. The van der Waals surface area contributed by atoms with E-state index in [1.807, 2.05) is 0 Å². The molecule has 0 aromatic heterocycles. The summed E-state index contributed by atoms with van der Waals surface area (Å²) >= 11 is 0. The minimum atomic E-state index is -1.83. The summed E-state index contributed by atoms with van der Waals surface area (Å²) in [5, 5.41) is 13.9. The van der Waals surface area contributed by atoms with E-state index >= 15 is 0 Å². The molecule has 0 aromatic rings. The Balaban J connectivity index is 0.000000885. The van der Waals surface area contributed by atoms with Gasteiger partial charge >= 0.3 is 6.16 Å². The van der Waals surface area contributed by atoms with Gasteiger partial charge in [-0.2, -0.15) is 0 Å². The molecule has 0 aromatic carbocycles. The molecule has 0 atom stereocenters. The normalized spacial score (nSPS) is 13.2. The molecule has 21 heavy (non-hydrogen) atoms. The van der Waals surface area contributed by atoms with Crippen molar-refractivity contribution in [3.05, 3.63) is 12.4 Å². The zero-order chi connectivity index (χ0) is 15.9. The first kappa shape index (κ1) is 19.6. The first-order valence-electron chi connectivity index (χ1n) is 8.18. The fourth-order valence-electron chi connectivity index (χ4n) is 2.29. The second kappa shape index (κ2) is 13.6. The van der Waals surface area contributed by atoms with Crippen LogP contribution in [0.25, 0.3) is 0 Å². The van der Waals surface area contributed by atoms with Crippen molar-refractivity contribution >= 4 is 6.16 Å². The monoisotopic (exact) mass is 300 g/mol. The quantitative estimate of drug-likeness (QED) is 0.585. The lowest BCUT2D eigenvalue weighted by Gasteiger charge is -2.21. The molecule has 0 spiro atoms. The molecule has 124 valence electrons. The molecule has 0 saturated heterocycles. The van der Waals surface area contributed by atoms with Gasteiger partial charge in [-0.1, -0.05) is 52.4 Å². The van der Waals surface area contributed by atoms with Crippen LogP contribution in [0.15, 0.2) is 12.4 Å². The van der Waals surface area contributed by atoms with Crippen LogP contribution in [-0.4, -0.2) is 45.9 Å². The maximum absolute atomic E-state index is 8.56. The zero-order valence-electron chi connectivity index (χ0n) is 13.6. The van der Waals surface area contributed by atoms with Crippen LogP contribution in [0.5, 0.6) is 0 Å². The molecule has 0 fully saturated rings. The molecule has 2 N–H and O–H groups in total. The number of rotatable bonds is 10. The largest absolute Gasteiger partial charge is 0.503 e. The predicted octanol–water partition coefficient (Wildman–Crippen LogP) is 4.42. The Morgan fingerprint density at radius 1 is 0.857 bits per heavy atom. The van der Waals surface area contributed by atoms with Gasteiger partial charge < -0.3 is 20.0 Å². The zero-order valence-corrected chi connectivity index (χ0v) is 13.6. The van der Waals surface area contributed by atoms with Crippen LogP contribution in [0, 0.1) is 0 Å². The Morgan fingerprint density at radius 2 is 1.24 bits per heavy atom. The third kappa shape index (κ3) is 13.4. The second-order valence-corrected chi connectivity index (χ2v) is 5.47. The molecule has 1 aliphatic rings. The van der Waals surface area contributed by atoms with Gasteiger partial charge in [0.1, 0.15) is 0 Å². The van der Waals surface area contributed by atoms with Crippen molar-refractivity contribution in [3.63, 3.8) is 0 Å². The highest BCUT2D eigenvalue weighted by atomic mass is 16.6. The molecule has 1 rings (SSSR count). The average Bonchev–Trinajstić information content (AvgIpc) is 2.87. The lowest BCUT2D eigenvalue weighted by Crippen LogP contribution is -2.26. The van der Waals surface area contributed by atoms with Gasteiger partial charge in [0.2, 0.25) is 0 Å². The number of hydrogen-bond acceptors (Lipinski definition) is 3. The maximum Gasteiger partial charge on any atom is 0.503 e. The lowest BCUT2D eigenvalue weighted by atomic mass is 10.2. The van der Waals surface area contributed by atoms with E-state index in [1.54, 1.807) is 0 Å². The number of unbranched alkanes of at least 4 members (excludes halogenated alkanes) is 6. The van der Waals surface area contributed by atoms with Crippen LogP contribution in [0.3, 0.4) is 0 Å². The van der Waals surface area contributed by atoms with E-state index in [4.69, 9.17) is 15.0 Å². The lowest BCUT2D eigenvalue weighted by molar-refractivity contribution is 0.137. The van der Waals surface area contributed by atoms with Gasteiger partial charge in [-0.05, 0) is 12.8 Å². The summed E-state index contributed by atoms with van der Waals surface area (Å²) in [5.41, 5.74) is 0. The SMILES string of the molecule is CCCCCCN1C=CN(CCCCCC)C1.O=C(O)O.